The quantitative estimate of drug-likeness (QED) is 0.543. The number of nitrogens with one attached hydrogen (secondary N) is 1. The molecule has 19 heavy (non-hydrogen) atoms. The summed E-state index contributed by atoms with van der Waals surface area (Å²) < 4.78 is 5.04. The van der Waals surface area contributed by atoms with Gasteiger partial charge >= 0.3 is 6.09 Å². The SMILES string of the molecule is O=C(Nc1ccc(Cl)c(Cl)c1)OCCCCCCCl. The Morgan fingerprint density at radius 2 is 1.84 bits per heavy atom. The average molecular weight is 325 g/mol. The van der Waals surface area contributed by atoms with Crippen LogP contribution in [0.4, 0.5) is 10.5 Å². The lowest BCUT2D eigenvalue weighted by Crippen LogP contribution is -2.14. The molecule has 0 bridgehead atoms. The summed E-state index contributed by atoms with van der Waals surface area (Å²) in [5.41, 5.74) is 0.557. The smallest absolute Gasteiger partial charge is 0.411 e. The van der Waals surface area contributed by atoms with Crippen molar-refractivity contribution in [1.29, 1.82) is 0 Å². The van der Waals surface area contributed by atoms with Crippen LogP contribution in [0.25, 0.3) is 0 Å². The Kier molecular flexibility index (Phi) is 8.03. The minimum Gasteiger partial charge on any atom is -0.449 e. The van der Waals surface area contributed by atoms with E-state index in [4.69, 9.17) is 39.5 Å². The monoisotopic (exact) mass is 323 g/mol. The van der Waals surface area contributed by atoms with Gasteiger partial charge in [0.2, 0.25) is 0 Å². The molecule has 0 unspecified atom stereocenters. The number of anilines is 1. The summed E-state index contributed by atoms with van der Waals surface area (Å²) in [4.78, 5) is 11.5. The second-order valence-corrected chi connectivity index (χ2v) is 5.19. The number of halogens is 3. The van der Waals surface area contributed by atoms with E-state index in [9.17, 15) is 4.79 Å². The molecule has 0 aliphatic rings. The summed E-state index contributed by atoms with van der Waals surface area (Å²) in [7, 11) is 0. The fourth-order valence-electron chi connectivity index (χ4n) is 1.44. The third kappa shape index (κ3) is 6.90. The van der Waals surface area contributed by atoms with Crippen molar-refractivity contribution in [2.24, 2.45) is 0 Å². The second-order valence-electron chi connectivity index (χ2n) is 3.99. The van der Waals surface area contributed by atoms with Gasteiger partial charge in [0.1, 0.15) is 0 Å². The third-order valence-corrected chi connectivity index (χ3v) is 3.43. The Morgan fingerprint density at radius 1 is 1.11 bits per heavy atom. The van der Waals surface area contributed by atoms with Crippen LogP contribution in [0.1, 0.15) is 25.7 Å². The molecule has 0 atom stereocenters. The summed E-state index contributed by atoms with van der Waals surface area (Å²) in [5.74, 6) is 0.679. The Labute approximate surface area is 128 Å². The molecule has 1 aromatic carbocycles. The highest BCUT2D eigenvalue weighted by atomic mass is 35.5. The van der Waals surface area contributed by atoms with Gasteiger partial charge in [-0.1, -0.05) is 36.0 Å². The molecule has 0 spiro atoms. The zero-order valence-electron chi connectivity index (χ0n) is 10.4. The number of hydrogen-bond acceptors (Lipinski definition) is 2. The Balaban J connectivity index is 2.21. The number of ether oxygens (including phenoxy) is 1. The van der Waals surface area contributed by atoms with Gasteiger partial charge in [0.25, 0.3) is 0 Å². The summed E-state index contributed by atoms with van der Waals surface area (Å²) in [5, 5.41) is 3.42. The second kappa shape index (κ2) is 9.29. The minimum absolute atomic E-state index is 0.389. The number of carbonyl (C=O) groups is 1. The Bertz CT molecular complexity index is 413. The van der Waals surface area contributed by atoms with Gasteiger partial charge in [0.05, 0.1) is 16.7 Å². The van der Waals surface area contributed by atoms with E-state index in [1.54, 1.807) is 18.2 Å². The van der Waals surface area contributed by atoms with Crippen molar-refractivity contribution < 1.29 is 9.53 Å². The number of hydrogen-bond donors (Lipinski definition) is 1. The predicted molar refractivity (Wildman–Crippen MR) is 80.6 cm³/mol. The average Bonchev–Trinajstić information content (AvgIpc) is 2.38. The molecule has 3 nitrogen and oxygen atoms in total. The van der Waals surface area contributed by atoms with Crippen molar-refractivity contribution >= 4 is 46.6 Å². The van der Waals surface area contributed by atoms with Gasteiger partial charge in [0, 0.05) is 11.6 Å². The van der Waals surface area contributed by atoms with Crippen molar-refractivity contribution in [3.05, 3.63) is 28.2 Å². The highest BCUT2D eigenvalue weighted by molar-refractivity contribution is 6.42. The molecule has 0 fully saturated rings. The number of alkyl halides is 1. The maximum absolute atomic E-state index is 11.5. The molecule has 6 heteroatoms. The number of carbonyl (C=O) groups excluding carboxylic acids is 1. The molecule has 0 saturated heterocycles. The molecular formula is C13H16Cl3NO2. The van der Waals surface area contributed by atoms with Gasteiger partial charge in [-0.25, -0.2) is 4.79 Å². The van der Waals surface area contributed by atoms with Crippen molar-refractivity contribution in [2.75, 3.05) is 17.8 Å². The van der Waals surface area contributed by atoms with E-state index in [1.807, 2.05) is 0 Å². The van der Waals surface area contributed by atoms with E-state index >= 15 is 0 Å². The largest absolute Gasteiger partial charge is 0.449 e. The fourth-order valence-corrected chi connectivity index (χ4v) is 1.93. The number of amides is 1. The van der Waals surface area contributed by atoms with E-state index in [0.29, 0.717) is 28.2 Å². The fraction of sp³-hybridized carbons (Fsp3) is 0.462. The normalized spacial score (nSPS) is 10.3. The number of rotatable bonds is 7. The first kappa shape index (κ1) is 16.4. The summed E-state index contributed by atoms with van der Waals surface area (Å²) in [6, 6.07) is 4.85. The van der Waals surface area contributed by atoms with Crippen LogP contribution < -0.4 is 5.32 Å². The van der Waals surface area contributed by atoms with Crippen molar-refractivity contribution in [3.8, 4) is 0 Å². The topological polar surface area (TPSA) is 38.3 Å². The molecule has 1 N–H and O–H groups in total. The van der Waals surface area contributed by atoms with E-state index in [-0.39, 0.29) is 0 Å². The van der Waals surface area contributed by atoms with Crippen LogP contribution in [-0.2, 0) is 4.74 Å². The molecule has 1 amide bonds. The zero-order valence-corrected chi connectivity index (χ0v) is 12.7. The molecular weight excluding hydrogens is 309 g/mol. The van der Waals surface area contributed by atoms with Gasteiger partial charge < -0.3 is 4.74 Å². The predicted octanol–water partition coefficient (Wildman–Crippen LogP) is 5.34. The standard InChI is InChI=1S/C13H16Cl3NO2/c14-7-3-1-2-4-8-19-13(18)17-10-5-6-11(15)12(16)9-10/h5-6,9H,1-4,7-8H2,(H,17,18). The maximum Gasteiger partial charge on any atom is 0.411 e. The van der Waals surface area contributed by atoms with Gasteiger partial charge in [0.15, 0.2) is 0 Å². The van der Waals surface area contributed by atoms with E-state index in [2.05, 4.69) is 5.32 Å². The van der Waals surface area contributed by atoms with Crippen LogP contribution in [0.3, 0.4) is 0 Å². The maximum atomic E-state index is 11.5. The molecule has 0 saturated carbocycles. The highest BCUT2D eigenvalue weighted by Gasteiger charge is 2.05. The molecule has 0 radical (unpaired) electrons. The zero-order chi connectivity index (χ0) is 14.1. The summed E-state index contributed by atoms with van der Waals surface area (Å²) >= 11 is 17.2. The first-order chi connectivity index (χ1) is 9.13. The van der Waals surface area contributed by atoms with Crippen LogP contribution in [0.15, 0.2) is 18.2 Å². The van der Waals surface area contributed by atoms with Gasteiger partial charge in [-0.15, -0.1) is 11.6 Å². The number of benzene rings is 1. The van der Waals surface area contributed by atoms with E-state index in [1.165, 1.54) is 0 Å². The highest BCUT2D eigenvalue weighted by Crippen LogP contribution is 2.25. The van der Waals surface area contributed by atoms with Crippen LogP contribution in [0.5, 0.6) is 0 Å². The lowest BCUT2D eigenvalue weighted by atomic mass is 10.2. The van der Waals surface area contributed by atoms with E-state index in [0.717, 1.165) is 25.7 Å². The minimum atomic E-state index is -0.490. The Hall–Kier alpha value is -0.640. The molecule has 0 aromatic heterocycles. The van der Waals surface area contributed by atoms with Crippen LogP contribution in [0.2, 0.25) is 10.0 Å². The van der Waals surface area contributed by atoms with Gasteiger partial charge in [-0.2, -0.15) is 0 Å². The van der Waals surface area contributed by atoms with Crippen LogP contribution >= 0.6 is 34.8 Å². The number of unbranched alkanes of at least 4 members (excludes halogenated alkanes) is 3. The summed E-state index contributed by atoms with van der Waals surface area (Å²) in [6.45, 7) is 0.398. The molecule has 1 aromatic rings. The van der Waals surface area contributed by atoms with Crippen LogP contribution in [-0.4, -0.2) is 18.6 Å². The lowest BCUT2D eigenvalue weighted by Gasteiger charge is -2.07. The van der Waals surface area contributed by atoms with E-state index < -0.39 is 6.09 Å². The first-order valence-corrected chi connectivity index (χ1v) is 7.37. The van der Waals surface area contributed by atoms with Crippen molar-refractivity contribution in [3.63, 3.8) is 0 Å². The van der Waals surface area contributed by atoms with Crippen LogP contribution in [0, 0.1) is 0 Å². The molecule has 0 aliphatic heterocycles. The Morgan fingerprint density at radius 3 is 2.53 bits per heavy atom. The van der Waals surface area contributed by atoms with Crippen molar-refractivity contribution in [2.45, 2.75) is 25.7 Å². The summed E-state index contributed by atoms with van der Waals surface area (Å²) in [6.07, 6.45) is 3.41. The molecule has 1 rings (SSSR count). The molecule has 0 heterocycles. The van der Waals surface area contributed by atoms with Gasteiger partial charge in [-0.3, -0.25) is 5.32 Å². The lowest BCUT2D eigenvalue weighted by molar-refractivity contribution is 0.159. The first-order valence-electron chi connectivity index (χ1n) is 6.08. The molecule has 0 aliphatic carbocycles. The van der Waals surface area contributed by atoms with Gasteiger partial charge in [-0.05, 0) is 31.0 Å². The molecule has 106 valence electrons. The van der Waals surface area contributed by atoms with Crippen molar-refractivity contribution in [1.82, 2.24) is 0 Å². The third-order valence-electron chi connectivity index (χ3n) is 2.43.